The van der Waals surface area contributed by atoms with Gasteiger partial charge in [-0.1, -0.05) is 35.9 Å². The van der Waals surface area contributed by atoms with Crippen molar-refractivity contribution in [3.8, 4) is 0 Å². The van der Waals surface area contributed by atoms with Crippen LogP contribution in [-0.4, -0.2) is 21.5 Å². The highest BCUT2D eigenvalue weighted by molar-refractivity contribution is 6.35. The Balaban J connectivity index is 1.45. The van der Waals surface area contributed by atoms with E-state index < -0.39 is 18.0 Å². The van der Waals surface area contributed by atoms with E-state index in [1.165, 1.54) is 24.3 Å². The number of halogens is 2. The molecule has 3 aromatic carbocycles. The normalized spacial score (nSPS) is 14.6. The smallest absolute Gasteiger partial charge is 0.260 e. The van der Waals surface area contributed by atoms with Crippen LogP contribution in [0.15, 0.2) is 79.0 Å². The van der Waals surface area contributed by atoms with Crippen molar-refractivity contribution in [1.82, 2.24) is 4.57 Å². The first-order valence-electron chi connectivity index (χ1n) is 10.9. The van der Waals surface area contributed by atoms with Gasteiger partial charge in [-0.3, -0.25) is 9.59 Å². The van der Waals surface area contributed by atoms with Crippen LogP contribution in [0, 0.1) is 12.7 Å². The molecule has 0 bridgehead atoms. The molecule has 0 spiro atoms. The lowest BCUT2D eigenvalue weighted by molar-refractivity contribution is 0.0984. The topological polar surface area (TPSA) is 74.6 Å². The fourth-order valence-corrected chi connectivity index (χ4v) is 4.54. The SMILES string of the molecule is Cc1ccc(F)cc1C(=O)Nc1ccc(C(=O)N2Cc3cccn3C(O)c3ccccc32)c(Cl)c1. The number of para-hydroxylation sites is 1. The number of carbonyl (C=O) groups excluding carboxylic acids is 2. The number of nitrogens with one attached hydrogen (secondary N) is 1. The second kappa shape index (κ2) is 9.02. The van der Waals surface area contributed by atoms with E-state index in [9.17, 15) is 19.1 Å². The number of anilines is 2. The Morgan fingerprint density at radius 3 is 2.63 bits per heavy atom. The Morgan fingerprint density at radius 1 is 1.03 bits per heavy atom. The Labute approximate surface area is 206 Å². The molecule has 0 saturated heterocycles. The summed E-state index contributed by atoms with van der Waals surface area (Å²) in [6, 6.07) is 19.5. The maximum absolute atomic E-state index is 13.6. The second-order valence-electron chi connectivity index (χ2n) is 8.34. The van der Waals surface area contributed by atoms with Crippen LogP contribution in [0.2, 0.25) is 5.02 Å². The van der Waals surface area contributed by atoms with Crippen molar-refractivity contribution in [2.75, 3.05) is 10.2 Å². The van der Waals surface area contributed by atoms with Crippen LogP contribution in [0.1, 0.15) is 43.8 Å². The molecule has 4 aromatic rings. The number of benzene rings is 3. The zero-order chi connectivity index (χ0) is 24.7. The number of hydrogen-bond donors (Lipinski definition) is 2. The fourth-order valence-electron chi connectivity index (χ4n) is 4.28. The van der Waals surface area contributed by atoms with Crippen molar-refractivity contribution < 1.29 is 19.1 Å². The van der Waals surface area contributed by atoms with Crippen molar-refractivity contribution in [2.45, 2.75) is 19.7 Å². The van der Waals surface area contributed by atoms with E-state index in [1.54, 1.807) is 52.9 Å². The molecule has 1 atom stereocenters. The third-order valence-electron chi connectivity index (χ3n) is 6.10. The van der Waals surface area contributed by atoms with Gasteiger partial charge in [-0.15, -0.1) is 0 Å². The van der Waals surface area contributed by atoms with E-state index >= 15 is 0 Å². The summed E-state index contributed by atoms with van der Waals surface area (Å²) in [5, 5.41) is 13.7. The standard InChI is InChI=1S/C27H21ClFN3O3/c1-16-8-9-17(29)13-22(16)25(33)30-18-10-11-20(23(28)14-18)26(34)32-15-19-5-4-12-31(19)27(35)21-6-2-3-7-24(21)32/h2-14,27,35H,15H2,1H3,(H,30,33). The molecule has 1 aliphatic rings. The van der Waals surface area contributed by atoms with Gasteiger partial charge in [0.2, 0.25) is 0 Å². The number of aryl methyl sites for hydroxylation is 1. The lowest BCUT2D eigenvalue weighted by Crippen LogP contribution is -2.30. The Morgan fingerprint density at radius 2 is 1.83 bits per heavy atom. The number of rotatable bonds is 3. The number of amides is 2. The van der Waals surface area contributed by atoms with Gasteiger partial charge in [0.05, 0.1) is 22.8 Å². The zero-order valence-corrected chi connectivity index (χ0v) is 19.5. The summed E-state index contributed by atoms with van der Waals surface area (Å²) in [6.07, 6.45) is 0.851. The van der Waals surface area contributed by atoms with E-state index in [0.29, 0.717) is 22.5 Å². The number of nitrogens with zero attached hydrogens (tertiary/aromatic N) is 2. The number of aliphatic hydroxyl groups is 1. The van der Waals surface area contributed by atoms with Crippen LogP contribution in [0.3, 0.4) is 0 Å². The quantitative estimate of drug-likeness (QED) is 0.397. The van der Waals surface area contributed by atoms with Crippen molar-refractivity contribution in [2.24, 2.45) is 0 Å². The molecular formula is C27H21ClFN3O3. The first-order chi connectivity index (χ1) is 16.8. The van der Waals surface area contributed by atoms with Gasteiger partial charge in [-0.05, 0) is 61.0 Å². The fraction of sp³-hybridized carbons (Fsp3) is 0.111. The molecule has 0 aliphatic carbocycles. The highest BCUT2D eigenvalue weighted by atomic mass is 35.5. The molecule has 1 aliphatic heterocycles. The molecule has 176 valence electrons. The molecule has 6 nitrogen and oxygen atoms in total. The maximum atomic E-state index is 13.6. The van der Waals surface area contributed by atoms with Crippen LogP contribution in [0.5, 0.6) is 0 Å². The largest absolute Gasteiger partial charge is 0.369 e. The third-order valence-corrected chi connectivity index (χ3v) is 6.42. The summed E-state index contributed by atoms with van der Waals surface area (Å²) >= 11 is 6.49. The molecule has 5 rings (SSSR count). The Bertz CT molecular complexity index is 1470. The summed E-state index contributed by atoms with van der Waals surface area (Å²) in [4.78, 5) is 27.8. The van der Waals surface area contributed by atoms with Gasteiger partial charge in [-0.25, -0.2) is 4.39 Å². The third kappa shape index (κ3) is 4.20. The minimum atomic E-state index is -0.923. The molecule has 2 heterocycles. The molecule has 8 heteroatoms. The molecule has 2 amide bonds. The van der Waals surface area contributed by atoms with E-state index in [4.69, 9.17) is 11.6 Å². The van der Waals surface area contributed by atoms with E-state index in [0.717, 1.165) is 5.69 Å². The lowest BCUT2D eigenvalue weighted by atomic mass is 10.1. The van der Waals surface area contributed by atoms with Gasteiger partial charge < -0.3 is 19.9 Å². The molecule has 0 radical (unpaired) electrons. The van der Waals surface area contributed by atoms with Crippen molar-refractivity contribution >= 4 is 34.8 Å². The summed E-state index contributed by atoms with van der Waals surface area (Å²) in [6.45, 7) is 1.96. The van der Waals surface area contributed by atoms with Gasteiger partial charge in [-0.2, -0.15) is 0 Å². The van der Waals surface area contributed by atoms with Crippen molar-refractivity contribution in [1.29, 1.82) is 0 Å². The summed E-state index contributed by atoms with van der Waals surface area (Å²) in [7, 11) is 0. The number of hydrogen-bond acceptors (Lipinski definition) is 3. The van der Waals surface area contributed by atoms with E-state index in [1.807, 2.05) is 18.2 Å². The van der Waals surface area contributed by atoms with Crippen LogP contribution >= 0.6 is 11.6 Å². The highest BCUT2D eigenvalue weighted by Gasteiger charge is 2.29. The van der Waals surface area contributed by atoms with Gasteiger partial charge >= 0.3 is 0 Å². The number of aliphatic hydroxyl groups excluding tert-OH is 1. The number of fused-ring (bicyclic) bond motifs is 2. The first kappa shape index (κ1) is 22.8. The molecule has 1 unspecified atom stereocenters. The monoisotopic (exact) mass is 489 g/mol. The maximum Gasteiger partial charge on any atom is 0.260 e. The summed E-state index contributed by atoms with van der Waals surface area (Å²) in [5.74, 6) is -1.33. The molecule has 2 N–H and O–H groups in total. The van der Waals surface area contributed by atoms with Crippen LogP contribution < -0.4 is 10.2 Å². The van der Waals surface area contributed by atoms with Crippen LogP contribution in [0.4, 0.5) is 15.8 Å². The average molecular weight is 490 g/mol. The van der Waals surface area contributed by atoms with Gasteiger partial charge in [0.15, 0.2) is 6.23 Å². The Kier molecular flexibility index (Phi) is 5.88. The van der Waals surface area contributed by atoms with Crippen molar-refractivity contribution in [3.05, 3.63) is 118 Å². The molecule has 1 aromatic heterocycles. The van der Waals surface area contributed by atoms with Crippen LogP contribution in [0.25, 0.3) is 0 Å². The van der Waals surface area contributed by atoms with Crippen molar-refractivity contribution in [3.63, 3.8) is 0 Å². The molecular weight excluding hydrogens is 469 g/mol. The number of aromatic nitrogens is 1. The van der Waals surface area contributed by atoms with Gasteiger partial charge in [0, 0.05) is 28.7 Å². The predicted octanol–water partition coefficient (Wildman–Crippen LogP) is 5.54. The second-order valence-corrected chi connectivity index (χ2v) is 8.75. The highest BCUT2D eigenvalue weighted by Crippen LogP contribution is 2.35. The lowest BCUT2D eigenvalue weighted by Gasteiger charge is -2.23. The molecule has 35 heavy (non-hydrogen) atoms. The Hall–Kier alpha value is -3.94. The first-order valence-corrected chi connectivity index (χ1v) is 11.3. The predicted molar refractivity (Wildman–Crippen MR) is 132 cm³/mol. The zero-order valence-electron chi connectivity index (χ0n) is 18.7. The van der Waals surface area contributed by atoms with Gasteiger partial charge in [0.1, 0.15) is 5.82 Å². The average Bonchev–Trinajstić information content (AvgIpc) is 3.27. The summed E-state index contributed by atoms with van der Waals surface area (Å²) in [5.41, 5.74) is 3.42. The van der Waals surface area contributed by atoms with Crippen LogP contribution in [-0.2, 0) is 6.54 Å². The van der Waals surface area contributed by atoms with E-state index in [2.05, 4.69) is 5.32 Å². The molecule has 0 saturated carbocycles. The van der Waals surface area contributed by atoms with Gasteiger partial charge in [0.25, 0.3) is 11.8 Å². The molecule has 0 fully saturated rings. The minimum Gasteiger partial charge on any atom is -0.369 e. The summed E-state index contributed by atoms with van der Waals surface area (Å²) < 4.78 is 15.3. The minimum absolute atomic E-state index is 0.154. The number of carbonyl (C=O) groups is 2. The van der Waals surface area contributed by atoms with E-state index in [-0.39, 0.29) is 28.6 Å².